The number of fused-ring (bicyclic) bond motifs is 9. The van der Waals surface area contributed by atoms with Crippen molar-refractivity contribution in [3.63, 3.8) is 0 Å². The van der Waals surface area contributed by atoms with E-state index in [1.807, 2.05) is 0 Å². The molecule has 0 amide bonds. The van der Waals surface area contributed by atoms with Crippen LogP contribution in [0.5, 0.6) is 0 Å². The molecule has 0 saturated carbocycles. The van der Waals surface area contributed by atoms with Crippen molar-refractivity contribution in [2.24, 2.45) is 0 Å². The highest BCUT2D eigenvalue weighted by Gasteiger charge is 2.20. The molecule has 0 unspecified atom stereocenters. The van der Waals surface area contributed by atoms with Crippen LogP contribution in [-0.4, -0.2) is 0 Å². The van der Waals surface area contributed by atoms with Gasteiger partial charge < -0.3 is 0 Å². The molecular weight excluding hydrogens is 769 g/mol. The quantitative estimate of drug-likeness (QED) is 0.120. The molecule has 0 aliphatic carbocycles. The normalized spacial score (nSPS) is 11.8. The van der Waals surface area contributed by atoms with Crippen molar-refractivity contribution in [2.75, 3.05) is 0 Å². The van der Waals surface area contributed by atoms with Gasteiger partial charge >= 0.3 is 0 Å². The molecule has 13 rings (SSSR count). The molecule has 0 fully saturated rings. The van der Waals surface area contributed by atoms with E-state index in [2.05, 4.69) is 243 Å². The maximum Gasteiger partial charge on any atom is -0.00259 e. The fourth-order valence-electron chi connectivity index (χ4n) is 10.7. The first-order valence-electron chi connectivity index (χ1n) is 22.2. The van der Waals surface area contributed by atoms with E-state index in [1.54, 1.807) is 0 Å². The zero-order valence-corrected chi connectivity index (χ0v) is 35.1. The van der Waals surface area contributed by atoms with Crippen LogP contribution in [0, 0.1) is 0 Å². The van der Waals surface area contributed by atoms with Gasteiger partial charge in [0.15, 0.2) is 0 Å². The van der Waals surface area contributed by atoms with Gasteiger partial charge in [0.25, 0.3) is 0 Å². The maximum absolute atomic E-state index is 2.46. The van der Waals surface area contributed by atoms with Gasteiger partial charge in [0.2, 0.25) is 0 Å². The molecule has 13 aromatic carbocycles. The van der Waals surface area contributed by atoms with Crippen molar-refractivity contribution < 1.29 is 0 Å². The van der Waals surface area contributed by atoms with E-state index >= 15 is 0 Å². The Bertz CT molecular complexity index is 4010. The zero-order valence-electron chi connectivity index (χ0n) is 35.1. The molecule has 0 nitrogen and oxygen atoms in total. The van der Waals surface area contributed by atoms with Gasteiger partial charge in [-0.2, -0.15) is 0 Å². The van der Waals surface area contributed by atoms with Crippen LogP contribution in [0.3, 0.4) is 0 Å². The topological polar surface area (TPSA) is 0 Å². The van der Waals surface area contributed by atoms with E-state index in [1.165, 1.54) is 131 Å². The summed E-state index contributed by atoms with van der Waals surface area (Å²) in [5, 5.41) is 17.6. The highest BCUT2D eigenvalue weighted by Crippen LogP contribution is 2.47. The van der Waals surface area contributed by atoms with Gasteiger partial charge in [-0.1, -0.05) is 212 Å². The van der Waals surface area contributed by atoms with Crippen molar-refractivity contribution in [2.45, 2.75) is 0 Å². The highest BCUT2D eigenvalue weighted by atomic mass is 14.2. The summed E-state index contributed by atoms with van der Waals surface area (Å²) in [6.45, 7) is 0. The second kappa shape index (κ2) is 14.7. The van der Waals surface area contributed by atoms with Crippen LogP contribution in [0.25, 0.3) is 131 Å². The Morgan fingerprint density at radius 2 is 0.531 bits per heavy atom. The molecule has 0 heterocycles. The third-order valence-electron chi connectivity index (χ3n) is 13.6. The van der Waals surface area contributed by atoms with Crippen LogP contribution in [0.4, 0.5) is 0 Å². The predicted molar refractivity (Wildman–Crippen MR) is 276 cm³/mol. The smallest absolute Gasteiger partial charge is 0.00259 e. The monoisotopic (exact) mass is 808 g/mol. The second-order valence-electron chi connectivity index (χ2n) is 17.1. The fourth-order valence-corrected chi connectivity index (χ4v) is 10.7. The van der Waals surface area contributed by atoms with Crippen LogP contribution >= 0.6 is 0 Å². The first kappa shape index (κ1) is 36.3. The van der Waals surface area contributed by atoms with E-state index in [9.17, 15) is 0 Å². The van der Waals surface area contributed by atoms with Crippen LogP contribution in [-0.2, 0) is 0 Å². The molecule has 64 heavy (non-hydrogen) atoms. The fraction of sp³-hybridized carbons (Fsp3) is 0. The third kappa shape index (κ3) is 5.77. The number of hydrogen-bond donors (Lipinski definition) is 0. The predicted octanol–water partition coefficient (Wildman–Crippen LogP) is 18.1. The van der Waals surface area contributed by atoms with E-state index in [0.29, 0.717) is 0 Å². The lowest BCUT2D eigenvalue weighted by Gasteiger charge is -2.20. The number of benzene rings is 13. The molecule has 0 spiro atoms. The summed E-state index contributed by atoms with van der Waals surface area (Å²) in [6.07, 6.45) is 0. The standard InChI is InChI=1S/C64H40/c1-4-24-49-41(16-1)19-15-33-50(49)46-34-35-59-62(40-46)64(48-23-14-21-43(37-48)61-39-45-18-3-6-26-52(45)54-28-8-10-30-56(54)61)58-32-12-11-31-57(58)63(59)47-22-13-20-42(36-47)60-38-44-17-2-5-25-51(44)53-27-7-9-29-55(53)60/h1-40H. The first-order valence-corrected chi connectivity index (χ1v) is 22.2. The molecule has 296 valence electrons. The average Bonchev–Trinajstić information content (AvgIpc) is 3.37. The lowest BCUT2D eigenvalue weighted by molar-refractivity contribution is 1.62. The van der Waals surface area contributed by atoms with Gasteiger partial charge in [-0.15, -0.1) is 0 Å². The Hall–Kier alpha value is -8.32. The van der Waals surface area contributed by atoms with Gasteiger partial charge in [0.05, 0.1) is 0 Å². The van der Waals surface area contributed by atoms with Crippen molar-refractivity contribution in [3.8, 4) is 55.6 Å². The highest BCUT2D eigenvalue weighted by molar-refractivity contribution is 6.23. The molecular formula is C64H40. The first-order chi connectivity index (χ1) is 31.7. The summed E-state index contributed by atoms with van der Waals surface area (Å²) in [4.78, 5) is 0. The summed E-state index contributed by atoms with van der Waals surface area (Å²) in [6, 6.07) is 90.1. The van der Waals surface area contributed by atoms with E-state index < -0.39 is 0 Å². The van der Waals surface area contributed by atoms with Gasteiger partial charge in [0.1, 0.15) is 0 Å². The van der Waals surface area contributed by atoms with Gasteiger partial charge in [0, 0.05) is 0 Å². The van der Waals surface area contributed by atoms with Crippen molar-refractivity contribution in [1.29, 1.82) is 0 Å². The largest absolute Gasteiger partial charge is 0.0616 e. The zero-order chi connectivity index (χ0) is 42.1. The van der Waals surface area contributed by atoms with Gasteiger partial charge in [-0.05, 0) is 161 Å². The molecule has 0 aliphatic rings. The Morgan fingerprint density at radius 3 is 1.09 bits per heavy atom. The summed E-state index contributed by atoms with van der Waals surface area (Å²) in [5.41, 5.74) is 12.3. The summed E-state index contributed by atoms with van der Waals surface area (Å²) < 4.78 is 0. The maximum atomic E-state index is 2.46. The van der Waals surface area contributed by atoms with Gasteiger partial charge in [-0.3, -0.25) is 0 Å². The van der Waals surface area contributed by atoms with Crippen LogP contribution in [0.15, 0.2) is 243 Å². The molecule has 0 radical (unpaired) electrons. The number of hydrogen-bond acceptors (Lipinski definition) is 0. The second-order valence-corrected chi connectivity index (χ2v) is 17.1. The lowest BCUT2D eigenvalue weighted by Crippen LogP contribution is -1.93. The van der Waals surface area contributed by atoms with E-state index in [4.69, 9.17) is 0 Å². The summed E-state index contributed by atoms with van der Waals surface area (Å²) in [5.74, 6) is 0. The molecule has 0 atom stereocenters. The molecule has 13 aromatic rings. The van der Waals surface area contributed by atoms with Crippen LogP contribution < -0.4 is 0 Å². The number of rotatable bonds is 5. The average molecular weight is 809 g/mol. The minimum Gasteiger partial charge on any atom is -0.0616 e. The van der Waals surface area contributed by atoms with Crippen molar-refractivity contribution >= 4 is 75.4 Å². The SMILES string of the molecule is c1cc(-c2c3ccccc3c(-c3cccc(-c4cc5ccccc5c5ccccc45)c3)c3cc(-c4cccc5ccccc45)ccc23)cc(-c2cc3ccccc3c3ccccc23)c1. The summed E-state index contributed by atoms with van der Waals surface area (Å²) >= 11 is 0. The van der Waals surface area contributed by atoms with E-state index in [-0.39, 0.29) is 0 Å². The Balaban J connectivity index is 1.09. The van der Waals surface area contributed by atoms with Crippen molar-refractivity contribution in [1.82, 2.24) is 0 Å². The Labute approximate surface area is 371 Å². The summed E-state index contributed by atoms with van der Waals surface area (Å²) in [7, 11) is 0. The van der Waals surface area contributed by atoms with Crippen LogP contribution in [0.2, 0.25) is 0 Å². The minimum absolute atomic E-state index is 1.20. The molecule has 0 aliphatic heterocycles. The molecule has 0 bridgehead atoms. The third-order valence-corrected chi connectivity index (χ3v) is 13.6. The Kier molecular flexibility index (Phi) is 8.32. The molecule has 0 saturated heterocycles. The molecule has 0 aromatic heterocycles. The van der Waals surface area contributed by atoms with E-state index in [0.717, 1.165) is 0 Å². The Morgan fingerprint density at radius 1 is 0.156 bits per heavy atom. The molecule has 0 heteroatoms. The molecule has 0 N–H and O–H groups in total. The lowest BCUT2D eigenvalue weighted by atomic mass is 9.83. The minimum atomic E-state index is 1.20. The van der Waals surface area contributed by atoms with Crippen LogP contribution in [0.1, 0.15) is 0 Å². The van der Waals surface area contributed by atoms with Crippen molar-refractivity contribution in [3.05, 3.63) is 243 Å². The van der Waals surface area contributed by atoms with Gasteiger partial charge in [-0.25, -0.2) is 0 Å².